The first-order valence-electron chi connectivity index (χ1n) is 8.75. The highest BCUT2D eigenvalue weighted by atomic mass is 16.1. The van der Waals surface area contributed by atoms with Gasteiger partial charge in [-0.25, -0.2) is 4.99 Å². The molecule has 0 saturated carbocycles. The predicted molar refractivity (Wildman–Crippen MR) is 92.2 cm³/mol. The Morgan fingerprint density at radius 1 is 1.18 bits per heavy atom. The van der Waals surface area contributed by atoms with Crippen molar-refractivity contribution in [1.82, 2.24) is 4.98 Å². The predicted octanol–water partition coefficient (Wildman–Crippen LogP) is 4.90. The van der Waals surface area contributed by atoms with Crippen molar-refractivity contribution in [2.24, 2.45) is 4.99 Å². The van der Waals surface area contributed by atoms with Crippen molar-refractivity contribution in [3.8, 4) is 0 Å². The van der Waals surface area contributed by atoms with E-state index < -0.39 is 0 Å². The average molecular weight is 300 g/mol. The number of carbonyl (C=O) groups is 1. The molecule has 0 amide bonds. The molecule has 1 aliphatic carbocycles. The van der Waals surface area contributed by atoms with Gasteiger partial charge in [0.1, 0.15) is 0 Å². The summed E-state index contributed by atoms with van der Waals surface area (Å²) in [4.78, 5) is 21.8. The molecule has 0 unspecified atom stereocenters. The lowest BCUT2D eigenvalue weighted by Crippen LogP contribution is -2.14. The molecule has 0 atom stereocenters. The van der Waals surface area contributed by atoms with Crippen LogP contribution < -0.4 is 0 Å². The zero-order valence-electron chi connectivity index (χ0n) is 14.2. The fourth-order valence-electron chi connectivity index (χ4n) is 2.96. The van der Waals surface area contributed by atoms with Gasteiger partial charge in [0.25, 0.3) is 0 Å². The number of Topliss-reactive ketones (excluding diaryl/α,β-unsaturated/α-hetero) is 1. The van der Waals surface area contributed by atoms with E-state index in [1.54, 1.807) is 0 Å². The summed E-state index contributed by atoms with van der Waals surface area (Å²) in [5.74, 6) is 0.202. The Hall–Kier alpha value is -1.51. The maximum Gasteiger partial charge on any atom is 0.177 e. The monoisotopic (exact) mass is 300 g/mol. The molecule has 120 valence electrons. The molecule has 3 heteroatoms. The van der Waals surface area contributed by atoms with Crippen LogP contribution in [0.4, 0.5) is 5.69 Å². The number of aliphatic imine (C=N–C) groups is 1. The molecule has 2 rings (SSSR count). The molecule has 0 fully saturated rings. The molecule has 1 heterocycles. The van der Waals surface area contributed by atoms with Crippen LogP contribution in [0.3, 0.4) is 0 Å². The first-order chi connectivity index (χ1) is 10.7. The molecule has 3 nitrogen and oxygen atoms in total. The van der Waals surface area contributed by atoms with Gasteiger partial charge in [0.05, 0.1) is 17.1 Å². The van der Waals surface area contributed by atoms with Gasteiger partial charge < -0.3 is 0 Å². The molecule has 1 aliphatic rings. The van der Waals surface area contributed by atoms with Crippen LogP contribution in [-0.4, -0.2) is 16.5 Å². The molecule has 1 aromatic rings. The number of aromatic nitrogens is 1. The second-order valence-corrected chi connectivity index (χ2v) is 6.24. The standard InChI is InChI=1S/C19H28N2O/c1-4-6-11-17(19(22)9-5-2)21-18-13-15-10-7-8-12-16(15)20-14(18)3/h13H,4-12H2,1-3H3/b21-17+. The summed E-state index contributed by atoms with van der Waals surface area (Å²) in [6, 6.07) is 2.17. The highest BCUT2D eigenvalue weighted by molar-refractivity contribution is 6.40. The number of hydrogen-bond acceptors (Lipinski definition) is 3. The molecular formula is C19H28N2O. The van der Waals surface area contributed by atoms with Gasteiger partial charge in [-0.2, -0.15) is 0 Å². The van der Waals surface area contributed by atoms with Crippen LogP contribution in [0.1, 0.15) is 75.7 Å². The van der Waals surface area contributed by atoms with E-state index in [0.717, 1.165) is 55.6 Å². The fourth-order valence-corrected chi connectivity index (χ4v) is 2.96. The maximum absolute atomic E-state index is 12.3. The molecule has 22 heavy (non-hydrogen) atoms. The minimum absolute atomic E-state index is 0.202. The Morgan fingerprint density at radius 3 is 2.68 bits per heavy atom. The van der Waals surface area contributed by atoms with Crippen LogP contribution in [0, 0.1) is 6.92 Å². The molecule has 0 bridgehead atoms. The molecule has 0 aromatic carbocycles. The summed E-state index contributed by atoms with van der Waals surface area (Å²) in [5, 5.41) is 0. The van der Waals surface area contributed by atoms with Crippen LogP contribution in [0.15, 0.2) is 11.1 Å². The quantitative estimate of drug-likeness (QED) is 0.672. The van der Waals surface area contributed by atoms with Crippen LogP contribution in [-0.2, 0) is 17.6 Å². The van der Waals surface area contributed by atoms with Gasteiger partial charge in [-0.05, 0) is 63.5 Å². The minimum atomic E-state index is 0.202. The van der Waals surface area contributed by atoms with Crippen molar-refractivity contribution in [2.45, 2.75) is 78.6 Å². The van der Waals surface area contributed by atoms with Crippen LogP contribution in [0.5, 0.6) is 0 Å². The number of ketones is 1. The van der Waals surface area contributed by atoms with Crippen molar-refractivity contribution in [2.75, 3.05) is 0 Å². The maximum atomic E-state index is 12.3. The molecule has 0 spiro atoms. The third-order valence-corrected chi connectivity index (χ3v) is 4.29. The number of nitrogens with zero attached hydrogens (tertiary/aromatic N) is 2. The van der Waals surface area contributed by atoms with Crippen LogP contribution >= 0.6 is 0 Å². The second-order valence-electron chi connectivity index (χ2n) is 6.24. The first kappa shape index (κ1) is 16.9. The zero-order chi connectivity index (χ0) is 15.9. The number of unbranched alkanes of at least 4 members (excludes halogenated alkanes) is 1. The Balaban J connectivity index is 2.31. The van der Waals surface area contributed by atoms with Gasteiger partial charge in [0.15, 0.2) is 5.78 Å². The molecule has 0 aliphatic heterocycles. The van der Waals surface area contributed by atoms with Crippen molar-refractivity contribution in [3.05, 3.63) is 23.0 Å². The second kappa shape index (κ2) is 8.21. The van der Waals surface area contributed by atoms with Gasteiger partial charge in [-0.1, -0.05) is 20.3 Å². The molecule has 0 radical (unpaired) electrons. The number of carbonyl (C=O) groups excluding carboxylic acids is 1. The lowest BCUT2D eigenvalue weighted by molar-refractivity contribution is -0.113. The fraction of sp³-hybridized carbons (Fsp3) is 0.632. The van der Waals surface area contributed by atoms with E-state index in [4.69, 9.17) is 9.98 Å². The number of aryl methyl sites for hydroxylation is 3. The summed E-state index contributed by atoms with van der Waals surface area (Å²) in [7, 11) is 0. The lowest BCUT2D eigenvalue weighted by Gasteiger charge is -2.16. The third kappa shape index (κ3) is 4.25. The Labute approximate surface area is 134 Å². The van der Waals surface area contributed by atoms with E-state index in [-0.39, 0.29) is 5.78 Å². The summed E-state index contributed by atoms with van der Waals surface area (Å²) in [6.07, 6.45) is 9.01. The zero-order valence-corrected chi connectivity index (χ0v) is 14.2. The summed E-state index contributed by atoms with van der Waals surface area (Å²) in [5.41, 5.74) is 5.16. The number of pyridine rings is 1. The SMILES string of the molecule is CCCC/C(=N\c1cc2c(nc1C)CCCC2)C(=O)CCC. The summed E-state index contributed by atoms with van der Waals surface area (Å²) in [6.45, 7) is 6.20. The highest BCUT2D eigenvalue weighted by Gasteiger charge is 2.15. The number of fused-ring (bicyclic) bond motifs is 1. The lowest BCUT2D eigenvalue weighted by atomic mass is 9.95. The van der Waals surface area contributed by atoms with Crippen molar-refractivity contribution in [1.29, 1.82) is 0 Å². The van der Waals surface area contributed by atoms with Gasteiger partial charge in [-0.15, -0.1) is 0 Å². The van der Waals surface area contributed by atoms with Gasteiger partial charge in [0, 0.05) is 12.1 Å². The van der Waals surface area contributed by atoms with Crippen molar-refractivity contribution >= 4 is 17.2 Å². The topological polar surface area (TPSA) is 42.3 Å². The Kier molecular flexibility index (Phi) is 6.29. The highest BCUT2D eigenvalue weighted by Crippen LogP contribution is 2.27. The average Bonchev–Trinajstić information content (AvgIpc) is 2.52. The molecular weight excluding hydrogens is 272 g/mol. The van der Waals surface area contributed by atoms with E-state index in [1.807, 2.05) is 13.8 Å². The van der Waals surface area contributed by atoms with Crippen molar-refractivity contribution in [3.63, 3.8) is 0 Å². The van der Waals surface area contributed by atoms with E-state index in [0.29, 0.717) is 6.42 Å². The first-order valence-corrected chi connectivity index (χ1v) is 8.75. The Morgan fingerprint density at radius 2 is 1.95 bits per heavy atom. The minimum Gasteiger partial charge on any atom is -0.293 e. The van der Waals surface area contributed by atoms with Gasteiger partial charge in [-0.3, -0.25) is 9.78 Å². The molecule has 0 saturated heterocycles. The van der Waals surface area contributed by atoms with Crippen LogP contribution in [0.25, 0.3) is 0 Å². The van der Waals surface area contributed by atoms with Crippen LogP contribution in [0.2, 0.25) is 0 Å². The van der Waals surface area contributed by atoms with E-state index in [9.17, 15) is 4.79 Å². The van der Waals surface area contributed by atoms with E-state index in [2.05, 4.69) is 13.0 Å². The normalized spacial score (nSPS) is 14.8. The third-order valence-electron chi connectivity index (χ3n) is 4.29. The summed E-state index contributed by atoms with van der Waals surface area (Å²) < 4.78 is 0. The van der Waals surface area contributed by atoms with E-state index in [1.165, 1.54) is 24.1 Å². The van der Waals surface area contributed by atoms with Crippen molar-refractivity contribution < 1.29 is 4.79 Å². The van der Waals surface area contributed by atoms with Gasteiger partial charge >= 0.3 is 0 Å². The van der Waals surface area contributed by atoms with E-state index >= 15 is 0 Å². The van der Waals surface area contributed by atoms with Gasteiger partial charge in [0.2, 0.25) is 0 Å². The molecule has 1 aromatic heterocycles. The smallest absolute Gasteiger partial charge is 0.177 e. The largest absolute Gasteiger partial charge is 0.293 e. The number of hydrogen-bond donors (Lipinski definition) is 0. The molecule has 0 N–H and O–H groups in total. The Bertz CT molecular complexity index is 561. The number of rotatable bonds is 7. The summed E-state index contributed by atoms with van der Waals surface area (Å²) >= 11 is 0.